The SMILES string of the molecule is CNCC1CCN(Cc2cccnc2)C1. The summed E-state index contributed by atoms with van der Waals surface area (Å²) in [4.78, 5) is 6.66. The van der Waals surface area contributed by atoms with Gasteiger partial charge in [0.1, 0.15) is 0 Å². The summed E-state index contributed by atoms with van der Waals surface area (Å²) >= 11 is 0. The first-order valence-corrected chi connectivity index (χ1v) is 5.64. The molecule has 15 heavy (non-hydrogen) atoms. The van der Waals surface area contributed by atoms with Gasteiger partial charge in [-0.1, -0.05) is 6.07 Å². The van der Waals surface area contributed by atoms with E-state index in [-0.39, 0.29) is 0 Å². The van der Waals surface area contributed by atoms with E-state index < -0.39 is 0 Å². The first kappa shape index (κ1) is 10.6. The van der Waals surface area contributed by atoms with E-state index in [4.69, 9.17) is 0 Å². The van der Waals surface area contributed by atoms with Gasteiger partial charge in [0.15, 0.2) is 0 Å². The van der Waals surface area contributed by atoms with Crippen LogP contribution in [0.15, 0.2) is 24.5 Å². The van der Waals surface area contributed by atoms with Gasteiger partial charge in [-0.15, -0.1) is 0 Å². The van der Waals surface area contributed by atoms with Crippen molar-refractivity contribution in [2.75, 3.05) is 26.7 Å². The summed E-state index contributed by atoms with van der Waals surface area (Å²) in [6, 6.07) is 4.16. The molecule has 1 aromatic rings. The van der Waals surface area contributed by atoms with Crippen molar-refractivity contribution in [3.05, 3.63) is 30.1 Å². The molecule has 1 aliphatic rings. The second-order valence-electron chi connectivity index (χ2n) is 4.31. The van der Waals surface area contributed by atoms with Crippen LogP contribution in [0.1, 0.15) is 12.0 Å². The molecular formula is C12H19N3. The maximum atomic E-state index is 4.14. The minimum atomic E-state index is 0.826. The van der Waals surface area contributed by atoms with Gasteiger partial charge in [0.25, 0.3) is 0 Å². The zero-order chi connectivity index (χ0) is 10.5. The average Bonchev–Trinajstić information content (AvgIpc) is 2.68. The predicted molar refractivity (Wildman–Crippen MR) is 61.5 cm³/mol. The quantitative estimate of drug-likeness (QED) is 0.798. The molecule has 1 N–H and O–H groups in total. The standard InChI is InChI=1S/C12H19N3/c1-13-7-12-4-6-15(10-12)9-11-3-2-5-14-8-11/h2-3,5,8,12-13H,4,6-7,9-10H2,1H3. The molecule has 3 nitrogen and oxygen atoms in total. The van der Waals surface area contributed by atoms with Crippen LogP contribution < -0.4 is 5.32 Å². The first-order valence-electron chi connectivity index (χ1n) is 5.64. The first-order chi connectivity index (χ1) is 7.38. The molecule has 0 aromatic carbocycles. The van der Waals surface area contributed by atoms with Gasteiger partial charge >= 0.3 is 0 Å². The summed E-state index contributed by atoms with van der Waals surface area (Å²) in [5.74, 6) is 0.826. The van der Waals surface area contributed by atoms with Crippen LogP contribution in [0.5, 0.6) is 0 Å². The summed E-state index contributed by atoms with van der Waals surface area (Å²) < 4.78 is 0. The van der Waals surface area contributed by atoms with E-state index in [0.717, 1.165) is 19.0 Å². The topological polar surface area (TPSA) is 28.2 Å². The lowest BCUT2D eigenvalue weighted by Gasteiger charge is -2.15. The molecule has 82 valence electrons. The highest BCUT2D eigenvalue weighted by Crippen LogP contribution is 2.17. The lowest BCUT2D eigenvalue weighted by Crippen LogP contribution is -2.24. The Morgan fingerprint density at radius 2 is 2.53 bits per heavy atom. The monoisotopic (exact) mass is 205 g/mol. The van der Waals surface area contributed by atoms with Crippen LogP contribution in [0.2, 0.25) is 0 Å². The highest BCUT2D eigenvalue weighted by atomic mass is 15.1. The van der Waals surface area contributed by atoms with Crippen molar-refractivity contribution in [3.63, 3.8) is 0 Å². The third-order valence-corrected chi connectivity index (χ3v) is 2.99. The molecule has 0 aliphatic carbocycles. The van der Waals surface area contributed by atoms with Crippen LogP contribution in [-0.4, -0.2) is 36.6 Å². The largest absolute Gasteiger partial charge is 0.319 e. The van der Waals surface area contributed by atoms with E-state index in [1.54, 1.807) is 0 Å². The molecule has 0 bridgehead atoms. The lowest BCUT2D eigenvalue weighted by molar-refractivity contribution is 0.315. The molecule has 1 aromatic heterocycles. The van der Waals surface area contributed by atoms with E-state index in [2.05, 4.69) is 21.3 Å². The molecule has 3 heteroatoms. The summed E-state index contributed by atoms with van der Waals surface area (Å²) in [5.41, 5.74) is 1.32. The molecule has 2 rings (SSSR count). The maximum absolute atomic E-state index is 4.14. The van der Waals surface area contributed by atoms with Gasteiger partial charge in [0.05, 0.1) is 0 Å². The minimum Gasteiger partial charge on any atom is -0.319 e. The van der Waals surface area contributed by atoms with Gasteiger partial charge in [-0.05, 0) is 44.1 Å². The van der Waals surface area contributed by atoms with E-state index in [9.17, 15) is 0 Å². The summed E-state index contributed by atoms with van der Waals surface area (Å²) in [7, 11) is 2.03. The molecule has 1 saturated heterocycles. The van der Waals surface area contributed by atoms with Gasteiger partial charge in [0.2, 0.25) is 0 Å². The van der Waals surface area contributed by atoms with Crippen molar-refractivity contribution >= 4 is 0 Å². The van der Waals surface area contributed by atoms with Crippen molar-refractivity contribution < 1.29 is 0 Å². The normalized spacial score (nSPS) is 22.1. The summed E-state index contributed by atoms with van der Waals surface area (Å²) in [6.07, 6.45) is 5.11. The molecule has 1 unspecified atom stereocenters. The minimum absolute atomic E-state index is 0.826. The second-order valence-corrected chi connectivity index (χ2v) is 4.31. The summed E-state index contributed by atoms with van der Waals surface area (Å²) in [6.45, 7) is 4.63. The highest BCUT2D eigenvalue weighted by molar-refractivity contribution is 5.08. The van der Waals surface area contributed by atoms with Crippen LogP contribution in [0.25, 0.3) is 0 Å². The van der Waals surface area contributed by atoms with E-state index in [1.807, 2.05) is 25.5 Å². The van der Waals surface area contributed by atoms with Crippen molar-refractivity contribution in [1.82, 2.24) is 15.2 Å². The van der Waals surface area contributed by atoms with E-state index >= 15 is 0 Å². The van der Waals surface area contributed by atoms with Crippen molar-refractivity contribution in [3.8, 4) is 0 Å². The molecule has 1 fully saturated rings. The number of rotatable bonds is 4. The zero-order valence-electron chi connectivity index (χ0n) is 9.32. The smallest absolute Gasteiger partial charge is 0.0312 e. The van der Waals surface area contributed by atoms with Crippen LogP contribution in [-0.2, 0) is 6.54 Å². The van der Waals surface area contributed by atoms with Crippen LogP contribution in [0.4, 0.5) is 0 Å². The van der Waals surface area contributed by atoms with Gasteiger partial charge in [-0.25, -0.2) is 0 Å². The third-order valence-electron chi connectivity index (χ3n) is 2.99. The van der Waals surface area contributed by atoms with Crippen LogP contribution in [0, 0.1) is 5.92 Å². The Balaban J connectivity index is 1.82. The van der Waals surface area contributed by atoms with Crippen molar-refractivity contribution in [1.29, 1.82) is 0 Å². The maximum Gasteiger partial charge on any atom is 0.0312 e. The van der Waals surface area contributed by atoms with Gasteiger partial charge < -0.3 is 5.32 Å². The molecule has 0 spiro atoms. The second kappa shape index (κ2) is 5.24. The van der Waals surface area contributed by atoms with Crippen molar-refractivity contribution in [2.24, 2.45) is 5.92 Å². The van der Waals surface area contributed by atoms with Crippen molar-refractivity contribution in [2.45, 2.75) is 13.0 Å². The van der Waals surface area contributed by atoms with E-state index in [0.29, 0.717) is 0 Å². The molecule has 1 aliphatic heterocycles. The number of likely N-dealkylation sites (tertiary alicyclic amines) is 1. The summed E-state index contributed by atoms with van der Waals surface area (Å²) in [5, 5.41) is 3.26. The van der Waals surface area contributed by atoms with Crippen LogP contribution in [0.3, 0.4) is 0 Å². The number of nitrogens with one attached hydrogen (secondary N) is 1. The molecule has 0 amide bonds. The lowest BCUT2D eigenvalue weighted by atomic mass is 10.1. The number of nitrogens with zero attached hydrogens (tertiary/aromatic N) is 2. The van der Waals surface area contributed by atoms with Gasteiger partial charge in [0, 0.05) is 25.5 Å². The Hall–Kier alpha value is -0.930. The fraction of sp³-hybridized carbons (Fsp3) is 0.583. The van der Waals surface area contributed by atoms with E-state index in [1.165, 1.54) is 25.1 Å². The van der Waals surface area contributed by atoms with Crippen LogP contribution >= 0.6 is 0 Å². The molecular weight excluding hydrogens is 186 g/mol. The van der Waals surface area contributed by atoms with Gasteiger partial charge in [-0.2, -0.15) is 0 Å². The molecule has 1 atom stereocenters. The Kier molecular flexibility index (Phi) is 3.69. The molecule has 0 saturated carbocycles. The fourth-order valence-electron chi connectivity index (χ4n) is 2.26. The fourth-order valence-corrected chi connectivity index (χ4v) is 2.26. The third kappa shape index (κ3) is 3.01. The molecule has 0 radical (unpaired) electrons. The average molecular weight is 205 g/mol. The number of pyridine rings is 1. The number of hydrogen-bond donors (Lipinski definition) is 1. The molecule has 2 heterocycles. The Morgan fingerprint density at radius 3 is 3.27 bits per heavy atom. The predicted octanol–water partition coefficient (Wildman–Crippen LogP) is 1.12. The zero-order valence-corrected chi connectivity index (χ0v) is 9.32. The Labute approximate surface area is 91.5 Å². The number of hydrogen-bond acceptors (Lipinski definition) is 3. The number of aromatic nitrogens is 1. The Morgan fingerprint density at radius 1 is 1.60 bits per heavy atom. The van der Waals surface area contributed by atoms with Gasteiger partial charge in [-0.3, -0.25) is 9.88 Å². The highest BCUT2D eigenvalue weighted by Gasteiger charge is 2.21. The Bertz CT molecular complexity index is 286.